The minimum Gasteiger partial charge on any atom is -0.394 e. The summed E-state index contributed by atoms with van der Waals surface area (Å²) in [6, 6.07) is 7.73. The zero-order chi connectivity index (χ0) is 12.3. The average molecular weight is 231 g/mol. The van der Waals surface area contributed by atoms with E-state index in [1.54, 1.807) is 6.20 Å². The molecular weight excluding hydrogens is 214 g/mol. The third-order valence-electron chi connectivity index (χ3n) is 3.01. The summed E-state index contributed by atoms with van der Waals surface area (Å²) >= 11 is 0. The molecule has 0 radical (unpaired) electrons. The second kappa shape index (κ2) is 4.67. The third-order valence-corrected chi connectivity index (χ3v) is 3.01. The van der Waals surface area contributed by atoms with E-state index in [1.807, 2.05) is 38.1 Å². The highest BCUT2D eigenvalue weighted by atomic mass is 16.3. The van der Waals surface area contributed by atoms with E-state index < -0.39 is 0 Å². The van der Waals surface area contributed by atoms with E-state index in [0.717, 1.165) is 17.5 Å². The maximum atomic E-state index is 9.35. The molecule has 2 N–H and O–H groups in total. The maximum Gasteiger partial charge on any atom is 0.145 e. The van der Waals surface area contributed by atoms with Gasteiger partial charge in [-0.2, -0.15) is 0 Å². The largest absolute Gasteiger partial charge is 0.394 e. The molecule has 0 saturated carbocycles. The Kier molecular flexibility index (Phi) is 3.24. The molecule has 1 atom stereocenters. The van der Waals surface area contributed by atoms with Crippen LogP contribution in [0.5, 0.6) is 0 Å². The zero-order valence-electron chi connectivity index (χ0n) is 10.1. The van der Waals surface area contributed by atoms with E-state index in [4.69, 9.17) is 0 Å². The fourth-order valence-electron chi connectivity index (χ4n) is 1.57. The molecule has 17 heavy (non-hydrogen) atoms. The first-order valence-corrected chi connectivity index (χ1v) is 5.78. The Morgan fingerprint density at radius 3 is 2.65 bits per heavy atom. The van der Waals surface area contributed by atoms with E-state index in [0.29, 0.717) is 5.82 Å². The number of para-hydroxylation sites is 2. The van der Waals surface area contributed by atoms with Crippen LogP contribution in [0.3, 0.4) is 0 Å². The Labute approximate surface area is 101 Å². The molecule has 0 aliphatic rings. The van der Waals surface area contributed by atoms with Crippen LogP contribution in [0.4, 0.5) is 5.82 Å². The minimum atomic E-state index is -0.350. The maximum absolute atomic E-state index is 9.35. The van der Waals surface area contributed by atoms with Crippen molar-refractivity contribution in [1.29, 1.82) is 0 Å². The first-order valence-electron chi connectivity index (χ1n) is 5.78. The molecule has 2 aromatic rings. The Bertz CT molecular complexity index is 509. The van der Waals surface area contributed by atoms with E-state index >= 15 is 0 Å². The number of rotatable bonds is 4. The van der Waals surface area contributed by atoms with Gasteiger partial charge in [0.05, 0.1) is 29.4 Å². The lowest BCUT2D eigenvalue weighted by atomic mass is 10.0. The second-order valence-corrected chi connectivity index (χ2v) is 4.44. The molecule has 1 unspecified atom stereocenters. The van der Waals surface area contributed by atoms with Gasteiger partial charge in [-0.15, -0.1) is 0 Å². The van der Waals surface area contributed by atoms with Gasteiger partial charge >= 0.3 is 0 Å². The monoisotopic (exact) mass is 231 g/mol. The molecular formula is C13H17N3O. The smallest absolute Gasteiger partial charge is 0.145 e. The number of hydrogen-bond donors (Lipinski definition) is 2. The van der Waals surface area contributed by atoms with Crippen LogP contribution in [0.2, 0.25) is 0 Å². The predicted octanol–water partition coefficient (Wildman–Crippen LogP) is 2.20. The number of benzene rings is 1. The summed E-state index contributed by atoms with van der Waals surface area (Å²) in [4.78, 5) is 8.80. The number of nitrogens with zero attached hydrogens (tertiary/aromatic N) is 2. The van der Waals surface area contributed by atoms with Crippen molar-refractivity contribution in [3.05, 3.63) is 30.5 Å². The van der Waals surface area contributed by atoms with Crippen LogP contribution in [0.25, 0.3) is 11.0 Å². The van der Waals surface area contributed by atoms with Crippen LogP contribution >= 0.6 is 0 Å². The molecule has 0 aliphatic heterocycles. The van der Waals surface area contributed by atoms with Crippen molar-refractivity contribution >= 4 is 16.9 Å². The molecule has 0 bridgehead atoms. The number of anilines is 1. The van der Waals surface area contributed by atoms with Crippen LogP contribution < -0.4 is 5.32 Å². The number of nitrogens with one attached hydrogen (secondary N) is 1. The van der Waals surface area contributed by atoms with Crippen molar-refractivity contribution in [3.8, 4) is 0 Å². The summed E-state index contributed by atoms with van der Waals surface area (Å²) in [7, 11) is 0. The lowest BCUT2D eigenvalue weighted by Crippen LogP contribution is -2.38. The lowest BCUT2D eigenvalue weighted by Gasteiger charge is -2.27. The van der Waals surface area contributed by atoms with Gasteiger partial charge in [-0.3, -0.25) is 4.98 Å². The molecule has 90 valence electrons. The van der Waals surface area contributed by atoms with Gasteiger partial charge in [-0.1, -0.05) is 19.1 Å². The summed E-state index contributed by atoms with van der Waals surface area (Å²) in [5.74, 6) is 0.696. The summed E-state index contributed by atoms with van der Waals surface area (Å²) in [6.07, 6.45) is 2.52. The molecule has 1 heterocycles. The van der Waals surface area contributed by atoms with Gasteiger partial charge in [0.25, 0.3) is 0 Å². The Morgan fingerprint density at radius 2 is 2.00 bits per heavy atom. The molecule has 0 aliphatic carbocycles. The Morgan fingerprint density at radius 1 is 1.29 bits per heavy atom. The summed E-state index contributed by atoms with van der Waals surface area (Å²) in [6.45, 7) is 4.06. The van der Waals surface area contributed by atoms with Gasteiger partial charge < -0.3 is 10.4 Å². The number of aliphatic hydroxyl groups excluding tert-OH is 1. The Balaban J connectivity index is 2.31. The molecule has 4 nitrogen and oxygen atoms in total. The molecule has 2 rings (SSSR count). The molecule has 1 aromatic heterocycles. The van der Waals surface area contributed by atoms with Crippen LogP contribution in [-0.2, 0) is 0 Å². The normalized spacial score (nSPS) is 14.5. The number of hydrogen-bond acceptors (Lipinski definition) is 4. The predicted molar refractivity (Wildman–Crippen MR) is 68.9 cm³/mol. The highest BCUT2D eigenvalue weighted by Crippen LogP contribution is 2.17. The van der Waals surface area contributed by atoms with Gasteiger partial charge in [0.1, 0.15) is 5.82 Å². The van der Waals surface area contributed by atoms with Gasteiger partial charge in [0.2, 0.25) is 0 Å². The zero-order valence-corrected chi connectivity index (χ0v) is 10.1. The standard InChI is InChI=1S/C13H17N3O/c1-3-13(2,9-17)16-12-8-14-10-6-4-5-7-11(10)15-12/h4-8,17H,3,9H2,1-2H3,(H,15,16). The van der Waals surface area contributed by atoms with Crippen molar-refractivity contribution in [3.63, 3.8) is 0 Å². The second-order valence-electron chi connectivity index (χ2n) is 4.44. The van der Waals surface area contributed by atoms with Crippen LogP contribution in [0.15, 0.2) is 30.5 Å². The topological polar surface area (TPSA) is 58.0 Å². The highest BCUT2D eigenvalue weighted by molar-refractivity contribution is 5.75. The Hall–Kier alpha value is -1.68. The van der Waals surface area contributed by atoms with E-state index in [-0.39, 0.29) is 12.1 Å². The van der Waals surface area contributed by atoms with Gasteiger partial charge in [0.15, 0.2) is 0 Å². The first kappa shape index (κ1) is 11.8. The lowest BCUT2D eigenvalue weighted by molar-refractivity contribution is 0.218. The fraction of sp³-hybridized carbons (Fsp3) is 0.385. The van der Waals surface area contributed by atoms with Crippen molar-refractivity contribution in [2.75, 3.05) is 11.9 Å². The van der Waals surface area contributed by atoms with E-state index in [1.165, 1.54) is 0 Å². The number of aliphatic hydroxyl groups is 1. The van der Waals surface area contributed by atoms with Crippen molar-refractivity contribution in [1.82, 2.24) is 9.97 Å². The molecule has 1 aromatic carbocycles. The number of fused-ring (bicyclic) bond motifs is 1. The van der Waals surface area contributed by atoms with E-state index in [2.05, 4.69) is 15.3 Å². The summed E-state index contributed by atoms with van der Waals surface area (Å²) < 4.78 is 0. The third kappa shape index (κ3) is 2.53. The SMILES string of the molecule is CCC(C)(CO)Nc1cnc2ccccc2n1. The molecule has 4 heteroatoms. The summed E-state index contributed by atoms with van der Waals surface area (Å²) in [5, 5.41) is 12.6. The van der Waals surface area contributed by atoms with Crippen molar-refractivity contribution < 1.29 is 5.11 Å². The minimum absolute atomic E-state index is 0.0675. The van der Waals surface area contributed by atoms with E-state index in [9.17, 15) is 5.11 Å². The quantitative estimate of drug-likeness (QED) is 0.847. The molecule has 0 fully saturated rings. The molecule has 0 saturated heterocycles. The summed E-state index contributed by atoms with van der Waals surface area (Å²) in [5.41, 5.74) is 1.38. The van der Waals surface area contributed by atoms with Crippen molar-refractivity contribution in [2.24, 2.45) is 0 Å². The van der Waals surface area contributed by atoms with Crippen LogP contribution in [0.1, 0.15) is 20.3 Å². The van der Waals surface area contributed by atoms with Gasteiger partial charge in [0, 0.05) is 0 Å². The van der Waals surface area contributed by atoms with Crippen LogP contribution in [-0.4, -0.2) is 27.2 Å². The van der Waals surface area contributed by atoms with Gasteiger partial charge in [-0.05, 0) is 25.5 Å². The molecule has 0 amide bonds. The molecule has 0 spiro atoms. The average Bonchev–Trinajstić information content (AvgIpc) is 2.38. The highest BCUT2D eigenvalue weighted by Gasteiger charge is 2.20. The fourth-order valence-corrected chi connectivity index (χ4v) is 1.57. The van der Waals surface area contributed by atoms with Gasteiger partial charge in [-0.25, -0.2) is 4.98 Å². The first-order chi connectivity index (χ1) is 8.17. The van der Waals surface area contributed by atoms with Crippen molar-refractivity contribution in [2.45, 2.75) is 25.8 Å². The van der Waals surface area contributed by atoms with Crippen LogP contribution in [0, 0.1) is 0 Å². The number of aromatic nitrogens is 2.